The van der Waals surface area contributed by atoms with E-state index in [9.17, 15) is 0 Å². The van der Waals surface area contributed by atoms with Gasteiger partial charge in [0.15, 0.2) is 0 Å². The highest BCUT2D eigenvalue weighted by Gasteiger charge is 2.18. The predicted molar refractivity (Wildman–Crippen MR) is 247 cm³/mol. The maximum atomic E-state index is 6.56. The van der Waals surface area contributed by atoms with E-state index in [1.807, 2.05) is 0 Å². The number of hydrogen-bond donors (Lipinski definition) is 0. The maximum Gasteiger partial charge on any atom is 0.143 e. The molecule has 270 valence electrons. The fraction of sp³-hybridized carbons (Fsp3) is 0. The number of rotatable bonds is 5. The molecule has 0 aliphatic carbocycles. The van der Waals surface area contributed by atoms with Crippen molar-refractivity contribution in [1.82, 2.24) is 0 Å². The van der Waals surface area contributed by atoms with Crippen LogP contribution in [0.4, 0.5) is 17.1 Å². The molecular formula is C56H35NO. The Morgan fingerprint density at radius 1 is 0.276 bits per heavy atom. The third-order valence-electron chi connectivity index (χ3n) is 12.0. The number of nitrogens with zero attached hydrogens (tertiary/aromatic N) is 1. The van der Waals surface area contributed by atoms with E-state index in [0.29, 0.717) is 0 Å². The number of anilines is 3. The van der Waals surface area contributed by atoms with Crippen molar-refractivity contribution in [3.05, 3.63) is 212 Å². The van der Waals surface area contributed by atoms with Crippen molar-refractivity contribution in [3.8, 4) is 22.3 Å². The minimum absolute atomic E-state index is 0.882. The van der Waals surface area contributed by atoms with Gasteiger partial charge in [-0.15, -0.1) is 0 Å². The van der Waals surface area contributed by atoms with Crippen LogP contribution in [0.1, 0.15) is 0 Å². The van der Waals surface area contributed by atoms with Gasteiger partial charge in [-0.2, -0.15) is 0 Å². The fourth-order valence-electron chi connectivity index (χ4n) is 9.18. The minimum Gasteiger partial charge on any atom is -0.455 e. The van der Waals surface area contributed by atoms with E-state index in [0.717, 1.165) is 44.4 Å². The largest absolute Gasteiger partial charge is 0.455 e. The van der Waals surface area contributed by atoms with Crippen LogP contribution < -0.4 is 4.90 Å². The number of benzene rings is 11. The van der Waals surface area contributed by atoms with Crippen molar-refractivity contribution >= 4 is 92.9 Å². The van der Waals surface area contributed by atoms with Crippen LogP contribution in [0.15, 0.2) is 217 Å². The van der Waals surface area contributed by atoms with E-state index in [4.69, 9.17) is 4.42 Å². The Kier molecular flexibility index (Phi) is 7.26. The summed E-state index contributed by atoms with van der Waals surface area (Å²) in [5.41, 5.74) is 9.91. The molecule has 0 saturated heterocycles. The van der Waals surface area contributed by atoms with Crippen LogP contribution in [0.2, 0.25) is 0 Å². The molecule has 0 spiro atoms. The predicted octanol–water partition coefficient (Wildman–Crippen LogP) is 16.2. The summed E-state index contributed by atoms with van der Waals surface area (Å²) in [6.45, 7) is 0. The summed E-state index contributed by atoms with van der Waals surface area (Å²) < 4.78 is 6.56. The van der Waals surface area contributed by atoms with E-state index in [-0.39, 0.29) is 0 Å². The molecule has 0 unspecified atom stereocenters. The quantitative estimate of drug-likeness (QED) is 0.164. The fourth-order valence-corrected chi connectivity index (χ4v) is 9.18. The second-order valence-electron chi connectivity index (χ2n) is 15.3. The Balaban J connectivity index is 1.04. The molecular weight excluding hydrogens is 703 g/mol. The summed E-state index contributed by atoms with van der Waals surface area (Å²) >= 11 is 0. The summed E-state index contributed by atoms with van der Waals surface area (Å²) in [6.07, 6.45) is 0. The van der Waals surface area contributed by atoms with Gasteiger partial charge in [0.1, 0.15) is 11.2 Å². The first-order valence-corrected chi connectivity index (χ1v) is 19.9. The monoisotopic (exact) mass is 737 g/mol. The molecule has 0 saturated carbocycles. The summed E-state index contributed by atoms with van der Waals surface area (Å²) in [5.74, 6) is 0. The standard InChI is InChI=1S/C56H35NO/c1-4-14-46-37(10-1)13-9-19-47(46)39-23-26-43(27-24-39)57(45-29-31-55-54(35-45)52-30-25-38-11-2-6-16-49(38)56(52)58-55)44-28-22-36-20-21-41(32-42(36)33-44)53-34-40-12-3-5-15-48(40)50-17-7-8-18-51(50)53/h1-35H. The molecule has 0 bridgehead atoms. The average Bonchev–Trinajstić information content (AvgIpc) is 3.67. The lowest BCUT2D eigenvalue weighted by molar-refractivity contribution is 0.672. The lowest BCUT2D eigenvalue weighted by atomic mass is 9.92. The second kappa shape index (κ2) is 12.9. The Labute approximate surface area is 335 Å². The molecule has 1 heterocycles. The Morgan fingerprint density at radius 2 is 0.879 bits per heavy atom. The van der Waals surface area contributed by atoms with Crippen LogP contribution in [0.5, 0.6) is 0 Å². The van der Waals surface area contributed by atoms with E-state index >= 15 is 0 Å². The molecule has 2 heteroatoms. The minimum atomic E-state index is 0.882. The average molecular weight is 738 g/mol. The number of hydrogen-bond acceptors (Lipinski definition) is 2. The third-order valence-corrected chi connectivity index (χ3v) is 12.0. The first-order valence-electron chi connectivity index (χ1n) is 19.9. The third kappa shape index (κ3) is 5.19. The number of furan rings is 1. The molecule has 0 atom stereocenters. The molecule has 58 heavy (non-hydrogen) atoms. The van der Waals surface area contributed by atoms with Gasteiger partial charge in [-0.05, 0) is 131 Å². The molecule has 0 amide bonds. The van der Waals surface area contributed by atoms with E-state index < -0.39 is 0 Å². The highest BCUT2D eigenvalue weighted by atomic mass is 16.3. The first-order chi connectivity index (χ1) is 28.7. The molecule has 0 aliphatic heterocycles. The van der Waals surface area contributed by atoms with Crippen LogP contribution >= 0.6 is 0 Å². The van der Waals surface area contributed by atoms with E-state index in [2.05, 4.69) is 217 Å². The summed E-state index contributed by atoms with van der Waals surface area (Å²) in [7, 11) is 0. The zero-order valence-electron chi connectivity index (χ0n) is 31.6. The molecule has 0 radical (unpaired) electrons. The highest BCUT2D eigenvalue weighted by molar-refractivity contribution is 6.16. The Bertz CT molecular complexity index is 3570. The van der Waals surface area contributed by atoms with Gasteiger partial charge in [0.2, 0.25) is 0 Å². The lowest BCUT2D eigenvalue weighted by Gasteiger charge is -2.26. The van der Waals surface area contributed by atoms with E-state index in [1.54, 1.807) is 0 Å². The smallest absolute Gasteiger partial charge is 0.143 e. The van der Waals surface area contributed by atoms with E-state index in [1.165, 1.54) is 70.7 Å². The molecule has 11 aromatic carbocycles. The van der Waals surface area contributed by atoms with Gasteiger partial charge in [-0.1, -0.05) is 152 Å². The molecule has 0 N–H and O–H groups in total. The maximum absolute atomic E-state index is 6.56. The van der Waals surface area contributed by atoms with Gasteiger partial charge in [0, 0.05) is 33.2 Å². The topological polar surface area (TPSA) is 16.4 Å². The van der Waals surface area contributed by atoms with Crippen molar-refractivity contribution in [1.29, 1.82) is 0 Å². The van der Waals surface area contributed by atoms with Crippen molar-refractivity contribution in [2.75, 3.05) is 4.90 Å². The van der Waals surface area contributed by atoms with Crippen molar-refractivity contribution in [2.45, 2.75) is 0 Å². The van der Waals surface area contributed by atoms with Crippen molar-refractivity contribution in [2.24, 2.45) is 0 Å². The van der Waals surface area contributed by atoms with Gasteiger partial charge < -0.3 is 9.32 Å². The first kappa shape index (κ1) is 32.6. The van der Waals surface area contributed by atoms with Crippen LogP contribution in [0.25, 0.3) is 98.1 Å². The van der Waals surface area contributed by atoms with Crippen molar-refractivity contribution < 1.29 is 4.42 Å². The van der Waals surface area contributed by atoms with Gasteiger partial charge in [-0.25, -0.2) is 0 Å². The van der Waals surface area contributed by atoms with Crippen LogP contribution in [-0.4, -0.2) is 0 Å². The molecule has 0 fully saturated rings. The normalized spacial score (nSPS) is 11.8. The highest BCUT2D eigenvalue weighted by Crippen LogP contribution is 2.43. The number of fused-ring (bicyclic) bond motifs is 10. The molecule has 12 aromatic rings. The van der Waals surface area contributed by atoms with Crippen LogP contribution in [0, 0.1) is 0 Å². The molecule has 0 aliphatic rings. The molecule has 1 aromatic heterocycles. The van der Waals surface area contributed by atoms with Crippen molar-refractivity contribution in [3.63, 3.8) is 0 Å². The van der Waals surface area contributed by atoms with Crippen LogP contribution in [0.3, 0.4) is 0 Å². The SMILES string of the molecule is c1ccc2c(-c3ccc(N(c4ccc5ccc(-c6cc7ccccc7c7ccccc67)cc5c4)c4ccc5oc6c7ccccc7ccc6c5c4)cc3)cccc2c1. The molecule has 2 nitrogen and oxygen atoms in total. The van der Waals surface area contributed by atoms with Crippen LogP contribution in [-0.2, 0) is 0 Å². The summed E-state index contributed by atoms with van der Waals surface area (Å²) in [6, 6.07) is 77.2. The summed E-state index contributed by atoms with van der Waals surface area (Å²) in [4.78, 5) is 2.38. The zero-order chi connectivity index (χ0) is 38.2. The Hall–Kier alpha value is -7.68. The lowest BCUT2D eigenvalue weighted by Crippen LogP contribution is -2.09. The zero-order valence-corrected chi connectivity index (χ0v) is 31.6. The van der Waals surface area contributed by atoms with Gasteiger partial charge >= 0.3 is 0 Å². The summed E-state index contributed by atoms with van der Waals surface area (Å²) in [5, 5.41) is 14.5. The molecule has 12 rings (SSSR count). The Morgan fingerprint density at radius 3 is 1.72 bits per heavy atom. The van der Waals surface area contributed by atoms with Gasteiger partial charge in [-0.3, -0.25) is 0 Å². The second-order valence-corrected chi connectivity index (χ2v) is 15.3. The van der Waals surface area contributed by atoms with Gasteiger partial charge in [0.25, 0.3) is 0 Å². The van der Waals surface area contributed by atoms with Gasteiger partial charge in [0.05, 0.1) is 0 Å².